The summed E-state index contributed by atoms with van der Waals surface area (Å²) < 4.78 is 152. The second-order valence-corrected chi connectivity index (χ2v) is 27.0. The summed E-state index contributed by atoms with van der Waals surface area (Å²) in [5.74, 6) is 3.09. The lowest BCUT2D eigenvalue weighted by Gasteiger charge is -2.25. The molecule has 6 atom stereocenters. The monoisotopic (exact) mass is 1610 g/mol. The van der Waals surface area contributed by atoms with Crippen LogP contribution in [-0.2, 0) is 76.0 Å². The molecule has 4 rings (SSSR count). The first kappa shape index (κ1) is 103. The van der Waals surface area contributed by atoms with Gasteiger partial charge < -0.3 is 133 Å². The van der Waals surface area contributed by atoms with Crippen LogP contribution in [0.15, 0.2) is 48.5 Å². The number of hydrogen-bond acceptors (Lipinski definition) is 32. The van der Waals surface area contributed by atoms with E-state index >= 15 is 0 Å². The van der Waals surface area contributed by atoms with Gasteiger partial charge in [-0.3, -0.25) is 19.2 Å². The van der Waals surface area contributed by atoms with Crippen LogP contribution in [0.3, 0.4) is 0 Å². The number of carbonyl (C=O) groups excluding carboxylic acids is 4. The van der Waals surface area contributed by atoms with E-state index in [-0.39, 0.29) is 128 Å². The zero-order valence-corrected chi connectivity index (χ0v) is 72.3. The van der Waals surface area contributed by atoms with Gasteiger partial charge >= 0.3 is 23.9 Å². The zero-order chi connectivity index (χ0) is 85.7. The van der Waals surface area contributed by atoms with Gasteiger partial charge in [0, 0.05) is 132 Å². The molecule has 0 saturated heterocycles. The fourth-order valence-electron chi connectivity index (χ4n) is 7.97. The van der Waals surface area contributed by atoms with Crippen LogP contribution >= 0.6 is 0 Å². The van der Waals surface area contributed by atoms with E-state index in [1.165, 1.54) is 82.2 Å². The van der Waals surface area contributed by atoms with Crippen LogP contribution in [0.1, 0.15) is 171 Å². The highest BCUT2D eigenvalue weighted by Crippen LogP contribution is 2.47. The highest BCUT2D eigenvalue weighted by molar-refractivity contribution is 5.81. The molecule has 6 unspecified atom stereocenters. The number of esters is 4. The predicted octanol–water partition coefficient (Wildman–Crippen LogP) is 15.4. The first-order valence-corrected chi connectivity index (χ1v) is 37.2. The maximum atomic E-state index is 12.8. The molecule has 0 fully saturated rings. The van der Waals surface area contributed by atoms with Crippen molar-refractivity contribution in [3.63, 3.8) is 0 Å². The summed E-state index contributed by atoms with van der Waals surface area (Å²) in [6, 6.07) is 12.4. The van der Waals surface area contributed by atoms with Crippen molar-refractivity contribution in [1.29, 1.82) is 0 Å². The third-order valence-corrected chi connectivity index (χ3v) is 16.5. The minimum Gasteiger partial charge on any atom is -0.464 e. The number of benzene rings is 4. The minimum atomic E-state index is -0.666. The molecule has 113 heavy (non-hydrogen) atoms. The molecule has 0 aliphatic carbocycles. The van der Waals surface area contributed by atoms with Gasteiger partial charge in [0.2, 0.25) is 11.5 Å². The fourth-order valence-corrected chi connectivity index (χ4v) is 7.97. The van der Waals surface area contributed by atoms with Crippen molar-refractivity contribution in [2.24, 2.45) is 21.7 Å². The van der Waals surface area contributed by atoms with Gasteiger partial charge in [0.25, 0.3) is 0 Å². The lowest BCUT2D eigenvalue weighted by Crippen LogP contribution is -2.28. The van der Waals surface area contributed by atoms with Gasteiger partial charge in [0.05, 0.1) is 21.7 Å². The largest absolute Gasteiger partial charge is 0.464 e. The highest BCUT2D eigenvalue weighted by atomic mass is 16.7. The molecule has 32 nitrogen and oxygen atoms in total. The normalized spacial score (nSPS) is 13.0. The standard InChI is InChI=1S/C24H40O8.C21H34O8.2C18H28O8/c1-10-24(8,9)23(25)32-22-15-20(30-17(6)27-12-3)19(29-16(5)26-11-2)14-21(22)31-18(7)28-13-4;1-10-21(5,6)20(22)29-16-11-17(26-13(2)23-7)19(28-15(4)25-9)18(12-16)27-14(3)24-8;1-7-18(2,3)17(19)26-16-9-14(24-11-21-5)13(23-10-20-4)8-15(16)25-12-22-6;1-7-18(2,3)17(19)26-13-8-14(23-10-20-4)16(25-12-22-6)15(9-13)24-11-21-5/h14-18H,10-13H2,1-9H3;11-15H,10H2,1-9H3;2*8-9H,7,10-12H2,1-6H3. The topological polar surface area (TPSA) is 327 Å². The van der Waals surface area contributed by atoms with Gasteiger partial charge in [0.1, 0.15) is 11.5 Å². The number of ether oxygens (including phenoxy) is 28. The number of methoxy groups -OCH3 is 9. The van der Waals surface area contributed by atoms with E-state index in [2.05, 4.69) is 0 Å². The van der Waals surface area contributed by atoms with Gasteiger partial charge in [-0.15, -0.1) is 0 Å². The fraction of sp³-hybridized carbons (Fsp3) is 0.654. The van der Waals surface area contributed by atoms with Crippen LogP contribution in [0.2, 0.25) is 0 Å². The van der Waals surface area contributed by atoms with Crippen molar-refractivity contribution in [3.05, 3.63) is 48.5 Å². The van der Waals surface area contributed by atoms with Crippen LogP contribution in [0, 0.1) is 21.7 Å². The van der Waals surface area contributed by atoms with Gasteiger partial charge in [-0.1, -0.05) is 27.7 Å². The molecule has 0 spiro atoms. The predicted molar refractivity (Wildman–Crippen MR) is 416 cm³/mol. The van der Waals surface area contributed by atoms with Crippen molar-refractivity contribution >= 4 is 23.9 Å². The lowest BCUT2D eigenvalue weighted by molar-refractivity contribution is -0.145. The van der Waals surface area contributed by atoms with Crippen molar-refractivity contribution in [2.75, 3.05) is 125 Å². The minimum absolute atomic E-state index is 0.00451. The van der Waals surface area contributed by atoms with E-state index < -0.39 is 59.4 Å². The molecule has 4 aromatic rings. The van der Waals surface area contributed by atoms with Gasteiger partial charge in [-0.05, 0) is 143 Å². The Bertz CT molecular complexity index is 3310. The number of rotatable bonds is 51. The van der Waals surface area contributed by atoms with E-state index in [1.807, 2.05) is 104 Å². The van der Waals surface area contributed by atoms with E-state index in [4.69, 9.17) is 133 Å². The molecule has 0 heterocycles. The molecule has 0 bridgehead atoms. The summed E-state index contributed by atoms with van der Waals surface area (Å²) >= 11 is 0. The Morgan fingerprint density at radius 3 is 0.796 bits per heavy atom. The third kappa shape index (κ3) is 36.9. The molecule has 32 heteroatoms. The third-order valence-electron chi connectivity index (χ3n) is 16.5. The molecule has 0 aliphatic rings. The van der Waals surface area contributed by atoms with Crippen molar-refractivity contribution in [1.82, 2.24) is 0 Å². The Kier molecular flexibility index (Phi) is 49.0. The summed E-state index contributed by atoms with van der Waals surface area (Å²) in [5, 5.41) is 0. The summed E-state index contributed by atoms with van der Waals surface area (Å²) in [4.78, 5) is 50.2. The second kappa shape index (κ2) is 53.9. The smallest absolute Gasteiger partial charge is 0.317 e. The van der Waals surface area contributed by atoms with Crippen LogP contribution < -0.4 is 75.8 Å². The summed E-state index contributed by atoms with van der Waals surface area (Å²) in [5.41, 5.74) is -2.56. The zero-order valence-electron chi connectivity index (χ0n) is 72.3. The molecule has 0 radical (unpaired) electrons. The first-order valence-electron chi connectivity index (χ1n) is 37.2. The molecule has 0 aliphatic heterocycles. The van der Waals surface area contributed by atoms with E-state index in [0.717, 1.165) is 0 Å². The maximum Gasteiger partial charge on any atom is 0.317 e. The quantitative estimate of drug-likeness (QED) is 0.0225. The Hall–Kier alpha value is -8.12. The summed E-state index contributed by atoms with van der Waals surface area (Å²) in [7, 11) is 13.5. The maximum absolute atomic E-state index is 12.8. The SMILES string of the molecule is CCC(C)(C)C(=O)Oc1cc(OC(C)OC)c(OC(C)OC)c(OC(C)OC)c1.CCC(C)(C)C(=O)Oc1cc(OCOC)c(OCOC)c(OCOC)c1.CCC(C)(C)C(=O)Oc1cc(OCOC)c(OCOC)cc1OCOC.CCOC(C)Oc1cc(OC(C)OCC)c(OC(C)OCC)cc1OC(=O)C(C)(C)CC. The van der Waals surface area contributed by atoms with Gasteiger partial charge in [-0.25, -0.2) is 0 Å². The van der Waals surface area contributed by atoms with Crippen LogP contribution in [0.4, 0.5) is 0 Å². The van der Waals surface area contributed by atoms with E-state index in [0.29, 0.717) is 74.3 Å². The Balaban J connectivity index is 0.000000756. The van der Waals surface area contributed by atoms with Crippen LogP contribution in [-0.4, -0.2) is 186 Å². The van der Waals surface area contributed by atoms with Crippen LogP contribution in [0.25, 0.3) is 0 Å². The molecule has 0 N–H and O–H groups in total. The molecule has 0 saturated carbocycles. The Morgan fingerprint density at radius 2 is 0.496 bits per heavy atom. The van der Waals surface area contributed by atoms with Gasteiger partial charge in [-0.2, -0.15) is 0 Å². The number of hydrogen-bond donors (Lipinski definition) is 0. The molecular formula is C81H130O32. The average Bonchev–Trinajstić information content (AvgIpc) is 0.825. The number of carbonyl (C=O) groups is 4. The molecular weight excluding hydrogens is 1480 g/mol. The molecule has 0 aromatic heterocycles. The van der Waals surface area contributed by atoms with E-state index in [9.17, 15) is 19.2 Å². The van der Waals surface area contributed by atoms with Crippen molar-refractivity contribution in [2.45, 2.75) is 209 Å². The Morgan fingerprint density at radius 1 is 0.265 bits per heavy atom. The molecule has 4 aromatic carbocycles. The van der Waals surface area contributed by atoms with Crippen LogP contribution in [0.5, 0.6) is 92.0 Å². The summed E-state index contributed by atoms with van der Waals surface area (Å²) in [6.45, 7) is 39.7. The van der Waals surface area contributed by atoms with Crippen molar-refractivity contribution in [3.8, 4) is 92.0 Å². The highest BCUT2D eigenvalue weighted by Gasteiger charge is 2.34. The summed E-state index contributed by atoms with van der Waals surface area (Å²) in [6.07, 6.45) is -0.874. The van der Waals surface area contributed by atoms with Crippen molar-refractivity contribution < 1.29 is 152 Å². The second-order valence-electron chi connectivity index (χ2n) is 27.0. The lowest BCUT2D eigenvalue weighted by atomic mass is 9.91. The Labute approximate surface area is 668 Å². The molecule has 646 valence electrons. The molecule has 0 amide bonds. The van der Waals surface area contributed by atoms with E-state index in [1.54, 1.807) is 71.9 Å². The first-order chi connectivity index (χ1) is 53.4. The van der Waals surface area contributed by atoms with Gasteiger partial charge in [0.15, 0.2) is 147 Å². The average molecular weight is 1620 g/mol.